The zero-order chi connectivity index (χ0) is 17.9. The molecule has 9 heteroatoms. The summed E-state index contributed by atoms with van der Waals surface area (Å²) in [5.74, 6) is -0.492. The normalized spacial score (nSPS) is 11.2. The number of halogens is 3. The van der Waals surface area contributed by atoms with Gasteiger partial charge in [0.2, 0.25) is 15.9 Å². The second-order valence-electron chi connectivity index (χ2n) is 4.92. The smallest absolute Gasteiger partial charge is 0.245 e. The average molecular weight is 452 g/mol. The Morgan fingerprint density at radius 1 is 1.17 bits per heavy atom. The van der Waals surface area contributed by atoms with Crippen molar-refractivity contribution in [2.75, 3.05) is 22.4 Å². The van der Waals surface area contributed by atoms with Crippen LogP contribution >= 0.6 is 39.1 Å². The first-order valence-electron chi connectivity index (χ1n) is 6.65. The summed E-state index contributed by atoms with van der Waals surface area (Å²) in [4.78, 5) is 12.2. The van der Waals surface area contributed by atoms with Gasteiger partial charge in [-0.3, -0.25) is 9.10 Å². The molecular formula is C15H13BrCl2N2O3S. The molecule has 0 unspecified atom stereocenters. The fourth-order valence-electron chi connectivity index (χ4n) is 1.93. The maximum Gasteiger partial charge on any atom is 0.245 e. The highest BCUT2D eigenvalue weighted by molar-refractivity contribution is 9.10. The minimum absolute atomic E-state index is 0.143. The molecule has 2 aromatic rings. The van der Waals surface area contributed by atoms with Crippen LogP contribution in [0.2, 0.25) is 10.0 Å². The molecule has 2 aromatic carbocycles. The number of sulfonamides is 1. The van der Waals surface area contributed by atoms with Crippen LogP contribution in [0.5, 0.6) is 0 Å². The van der Waals surface area contributed by atoms with Crippen molar-refractivity contribution in [2.24, 2.45) is 0 Å². The molecule has 1 amide bonds. The molecule has 0 aliphatic carbocycles. The van der Waals surface area contributed by atoms with E-state index in [2.05, 4.69) is 21.2 Å². The van der Waals surface area contributed by atoms with Crippen LogP contribution in [0, 0.1) is 0 Å². The molecule has 0 heterocycles. The number of nitrogens with zero attached hydrogens (tertiary/aromatic N) is 1. The number of anilines is 2. The third kappa shape index (κ3) is 5.11. The van der Waals surface area contributed by atoms with Gasteiger partial charge in [-0.15, -0.1) is 0 Å². The van der Waals surface area contributed by atoms with Crippen LogP contribution in [0.1, 0.15) is 0 Å². The molecule has 1 N–H and O–H groups in total. The molecule has 0 spiro atoms. The third-order valence-corrected chi connectivity index (χ3v) is 5.19. The van der Waals surface area contributed by atoms with Gasteiger partial charge in [-0.25, -0.2) is 8.42 Å². The lowest BCUT2D eigenvalue weighted by Gasteiger charge is -2.23. The largest absolute Gasteiger partial charge is 0.325 e. The fourth-order valence-corrected chi connectivity index (χ4v) is 3.62. The lowest BCUT2D eigenvalue weighted by atomic mass is 10.3. The van der Waals surface area contributed by atoms with E-state index in [0.29, 0.717) is 10.7 Å². The summed E-state index contributed by atoms with van der Waals surface area (Å²) in [7, 11) is -3.71. The van der Waals surface area contributed by atoms with Crippen molar-refractivity contribution in [2.45, 2.75) is 0 Å². The highest BCUT2D eigenvalue weighted by Crippen LogP contribution is 2.30. The number of rotatable bonds is 5. The van der Waals surface area contributed by atoms with Gasteiger partial charge < -0.3 is 5.32 Å². The van der Waals surface area contributed by atoms with Crippen LogP contribution in [0.3, 0.4) is 0 Å². The van der Waals surface area contributed by atoms with Crippen LogP contribution in [0.15, 0.2) is 46.9 Å². The third-order valence-electron chi connectivity index (χ3n) is 2.99. The monoisotopic (exact) mass is 450 g/mol. The summed E-state index contributed by atoms with van der Waals surface area (Å²) in [6.07, 6.45) is 1.00. The van der Waals surface area contributed by atoms with E-state index in [9.17, 15) is 13.2 Å². The number of carbonyl (C=O) groups is 1. The van der Waals surface area contributed by atoms with E-state index >= 15 is 0 Å². The van der Waals surface area contributed by atoms with Crippen LogP contribution in [0.25, 0.3) is 0 Å². The van der Waals surface area contributed by atoms with Crippen LogP contribution in [-0.2, 0) is 14.8 Å². The van der Waals surface area contributed by atoms with Gasteiger partial charge >= 0.3 is 0 Å². The lowest BCUT2D eigenvalue weighted by Crippen LogP contribution is -2.37. The molecule has 0 saturated carbocycles. The average Bonchev–Trinajstić information content (AvgIpc) is 2.47. The van der Waals surface area contributed by atoms with Crippen molar-refractivity contribution in [3.63, 3.8) is 0 Å². The second-order valence-corrected chi connectivity index (χ2v) is 8.59. The van der Waals surface area contributed by atoms with Crippen molar-refractivity contribution in [1.82, 2.24) is 0 Å². The zero-order valence-electron chi connectivity index (χ0n) is 12.5. The van der Waals surface area contributed by atoms with Crippen molar-refractivity contribution < 1.29 is 13.2 Å². The molecule has 0 radical (unpaired) electrons. The molecule has 24 heavy (non-hydrogen) atoms. The minimum atomic E-state index is -3.71. The topological polar surface area (TPSA) is 66.5 Å². The Morgan fingerprint density at radius 2 is 1.79 bits per heavy atom. The SMILES string of the molecule is CS(=O)(=O)N(CC(=O)Nc1ccc(Br)cc1)c1ccc(Cl)cc1Cl. The second kappa shape index (κ2) is 7.74. The number of carbonyl (C=O) groups excluding carboxylic acids is 1. The first kappa shape index (κ1) is 19.1. The highest BCUT2D eigenvalue weighted by atomic mass is 79.9. The van der Waals surface area contributed by atoms with Gasteiger partial charge in [0.1, 0.15) is 6.54 Å². The van der Waals surface area contributed by atoms with E-state index in [-0.39, 0.29) is 10.7 Å². The van der Waals surface area contributed by atoms with Gasteiger partial charge in [-0.2, -0.15) is 0 Å². The quantitative estimate of drug-likeness (QED) is 0.741. The van der Waals surface area contributed by atoms with Crippen LogP contribution in [0.4, 0.5) is 11.4 Å². The van der Waals surface area contributed by atoms with Gasteiger partial charge in [0, 0.05) is 15.2 Å². The molecule has 0 atom stereocenters. The lowest BCUT2D eigenvalue weighted by molar-refractivity contribution is -0.114. The minimum Gasteiger partial charge on any atom is -0.325 e. The first-order valence-corrected chi connectivity index (χ1v) is 10.0. The Hall–Kier alpha value is -1.28. The van der Waals surface area contributed by atoms with Crippen molar-refractivity contribution in [3.8, 4) is 0 Å². The van der Waals surface area contributed by atoms with E-state index in [0.717, 1.165) is 15.0 Å². The Morgan fingerprint density at radius 3 is 2.33 bits per heavy atom. The van der Waals surface area contributed by atoms with Gasteiger partial charge in [-0.05, 0) is 42.5 Å². The van der Waals surface area contributed by atoms with Crippen LogP contribution in [-0.4, -0.2) is 27.1 Å². The molecule has 0 bridgehead atoms. The molecule has 0 aromatic heterocycles. The highest BCUT2D eigenvalue weighted by Gasteiger charge is 2.23. The van der Waals surface area contributed by atoms with E-state index in [1.54, 1.807) is 24.3 Å². The fraction of sp³-hybridized carbons (Fsp3) is 0.133. The number of hydrogen-bond donors (Lipinski definition) is 1. The Bertz CT molecular complexity index is 858. The van der Waals surface area contributed by atoms with Gasteiger partial charge in [-0.1, -0.05) is 39.1 Å². The number of hydrogen-bond acceptors (Lipinski definition) is 3. The standard InChI is InChI=1S/C15H13BrCl2N2O3S/c1-24(22,23)20(14-7-4-11(17)8-13(14)18)9-15(21)19-12-5-2-10(16)3-6-12/h2-8H,9H2,1H3,(H,19,21). The predicted octanol–water partition coefficient (Wildman–Crippen LogP) is 4.16. The van der Waals surface area contributed by atoms with Crippen molar-refractivity contribution >= 4 is 66.4 Å². The molecule has 0 fully saturated rings. The summed E-state index contributed by atoms with van der Waals surface area (Å²) < 4.78 is 25.9. The molecule has 5 nitrogen and oxygen atoms in total. The van der Waals surface area contributed by atoms with E-state index in [4.69, 9.17) is 23.2 Å². The molecule has 2 rings (SSSR count). The summed E-state index contributed by atoms with van der Waals surface area (Å²) in [5, 5.41) is 3.15. The van der Waals surface area contributed by atoms with Crippen molar-refractivity contribution in [1.29, 1.82) is 0 Å². The molecule has 0 saturated heterocycles. The van der Waals surface area contributed by atoms with Crippen LogP contribution < -0.4 is 9.62 Å². The van der Waals surface area contributed by atoms with E-state index in [1.807, 2.05) is 0 Å². The van der Waals surface area contributed by atoms with E-state index < -0.39 is 22.5 Å². The molecular weight excluding hydrogens is 439 g/mol. The van der Waals surface area contributed by atoms with Gasteiger partial charge in [0.25, 0.3) is 0 Å². The summed E-state index contributed by atoms with van der Waals surface area (Å²) in [6, 6.07) is 11.3. The Balaban J connectivity index is 2.23. The number of amides is 1. The zero-order valence-corrected chi connectivity index (χ0v) is 16.4. The number of nitrogens with one attached hydrogen (secondary N) is 1. The summed E-state index contributed by atoms with van der Waals surface area (Å²) >= 11 is 15.2. The Labute approximate surface area is 158 Å². The van der Waals surface area contributed by atoms with Gasteiger partial charge in [0.05, 0.1) is 17.0 Å². The molecule has 0 aliphatic rings. The maximum absolute atomic E-state index is 12.2. The Kier molecular flexibility index (Phi) is 6.14. The van der Waals surface area contributed by atoms with Crippen molar-refractivity contribution in [3.05, 3.63) is 57.0 Å². The van der Waals surface area contributed by atoms with Gasteiger partial charge in [0.15, 0.2) is 0 Å². The summed E-state index contributed by atoms with van der Waals surface area (Å²) in [5.41, 5.74) is 0.744. The molecule has 128 valence electrons. The maximum atomic E-state index is 12.2. The number of benzene rings is 2. The first-order chi connectivity index (χ1) is 11.2. The summed E-state index contributed by atoms with van der Waals surface area (Å²) in [6.45, 7) is -0.406. The van der Waals surface area contributed by atoms with E-state index in [1.165, 1.54) is 18.2 Å². The molecule has 0 aliphatic heterocycles. The predicted molar refractivity (Wildman–Crippen MR) is 101 cm³/mol.